The molecule has 0 aliphatic carbocycles. The molecule has 1 N–H and O–H groups in total. The van der Waals surface area contributed by atoms with Crippen molar-refractivity contribution in [1.82, 2.24) is 9.62 Å². The van der Waals surface area contributed by atoms with E-state index >= 15 is 0 Å². The zero-order chi connectivity index (χ0) is 20.9. The Morgan fingerprint density at radius 1 is 1.17 bits per heavy atom. The van der Waals surface area contributed by atoms with Crippen LogP contribution in [0.3, 0.4) is 0 Å². The number of benzene rings is 2. The van der Waals surface area contributed by atoms with E-state index in [0.717, 1.165) is 11.3 Å². The van der Waals surface area contributed by atoms with Crippen LogP contribution in [-0.2, 0) is 14.8 Å². The normalized spacial score (nSPS) is 18.8. The van der Waals surface area contributed by atoms with Gasteiger partial charge in [-0.05, 0) is 51.0 Å². The topological polar surface area (TPSA) is 75.7 Å². The minimum Gasteiger partial charge on any atom is -0.491 e. The Labute approximate surface area is 172 Å². The highest BCUT2D eigenvalue weighted by Crippen LogP contribution is 2.24. The summed E-state index contributed by atoms with van der Waals surface area (Å²) in [7, 11) is -3.59. The molecular formula is C22H28N2O4S. The Kier molecular flexibility index (Phi) is 6.92. The maximum absolute atomic E-state index is 12.9. The number of ether oxygens (including phenoxy) is 1. The van der Waals surface area contributed by atoms with Crippen LogP contribution in [0, 0.1) is 12.8 Å². The Hall–Kier alpha value is -2.38. The van der Waals surface area contributed by atoms with Crippen LogP contribution >= 0.6 is 0 Å². The molecule has 1 fully saturated rings. The lowest BCUT2D eigenvalue weighted by atomic mass is 9.98. The zero-order valence-electron chi connectivity index (χ0n) is 16.9. The number of amides is 1. The number of hydrogen-bond donors (Lipinski definition) is 1. The molecule has 0 spiro atoms. The van der Waals surface area contributed by atoms with E-state index in [1.54, 1.807) is 24.3 Å². The molecule has 1 amide bonds. The van der Waals surface area contributed by atoms with Crippen molar-refractivity contribution < 1.29 is 17.9 Å². The second kappa shape index (κ2) is 9.41. The molecular weight excluding hydrogens is 388 g/mol. The van der Waals surface area contributed by atoms with Gasteiger partial charge >= 0.3 is 0 Å². The lowest BCUT2D eigenvalue weighted by molar-refractivity contribution is -0.126. The van der Waals surface area contributed by atoms with Crippen molar-refractivity contribution >= 4 is 15.9 Å². The standard InChI is InChI=1S/C22H28N2O4S/c1-17-10-12-21(13-11-17)29(26,27)24-14-6-7-19(15-24)22(25)23-18(2)16-28-20-8-4-3-5-9-20/h3-5,8-13,18-19H,6-7,14-16H2,1-2H3,(H,23,25). The highest BCUT2D eigenvalue weighted by Gasteiger charge is 2.33. The maximum atomic E-state index is 12.9. The average molecular weight is 417 g/mol. The highest BCUT2D eigenvalue weighted by atomic mass is 32.2. The molecule has 0 aromatic heterocycles. The number of piperidine rings is 1. The van der Waals surface area contributed by atoms with Crippen LogP contribution in [0.1, 0.15) is 25.3 Å². The van der Waals surface area contributed by atoms with Crippen molar-refractivity contribution in [2.75, 3.05) is 19.7 Å². The summed E-state index contributed by atoms with van der Waals surface area (Å²) in [6.45, 7) is 4.79. The van der Waals surface area contributed by atoms with Crippen molar-refractivity contribution in [1.29, 1.82) is 0 Å². The first-order valence-electron chi connectivity index (χ1n) is 9.91. The predicted molar refractivity (Wildman–Crippen MR) is 112 cm³/mol. The lowest BCUT2D eigenvalue weighted by Gasteiger charge is -2.31. The fourth-order valence-electron chi connectivity index (χ4n) is 3.37. The van der Waals surface area contributed by atoms with Crippen LogP contribution < -0.4 is 10.1 Å². The number of para-hydroxylation sites is 1. The van der Waals surface area contributed by atoms with E-state index in [-0.39, 0.29) is 29.3 Å². The molecule has 2 aromatic rings. The third kappa shape index (κ3) is 5.58. The second-order valence-electron chi connectivity index (χ2n) is 7.55. The van der Waals surface area contributed by atoms with Gasteiger partial charge in [0.15, 0.2) is 0 Å². The van der Waals surface area contributed by atoms with Crippen molar-refractivity contribution in [3.63, 3.8) is 0 Å². The lowest BCUT2D eigenvalue weighted by Crippen LogP contribution is -2.48. The molecule has 1 aliphatic rings. The summed E-state index contributed by atoms with van der Waals surface area (Å²) in [5, 5.41) is 2.95. The van der Waals surface area contributed by atoms with Crippen molar-refractivity contribution in [2.45, 2.75) is 37.6 Å². The first kappa shape index (κ1) is 21.3. The zero-order valence-corrected chi connectivity index (χ0v) is 17.7. The summed E-state index contributed by atoms with van der Waals surface area (Å²) in [5.41, 5.74) is 1.01. The summed E-state index contributed by atoms with van der Waals surface area (Å²) >= 11 is 0. The molecule has 7 heteroatoms. The van der Waals surface area contributed by atoms with Crippen LogP contribution in [0.5, 0.6) is 5.75 Å². The van der Waals surface area contributed by atoms with Gasteiger partial charge in [0.2, 0.25) is 15.9 Å². The summed E-state index contributed by atoms with van der Waals surface area (Å²) in [6.07, 6.45) is 1.34. The number of carbonyl (C=O) groups is 1. The number of nitrogens with one attached hydrogen (secondary N) is 1. The Morgan fingerprint density at radius 2 is 1.86 bits per heavy atom. The van der Waals surface area contributed by atoms with Gasteiger partial charge in [0.05, 0.1) is 16.9 Å². The van der Waals surface area contributed by atoms with Crippen molar-refractivity contribution in [3.05, 3.63) is 60.2 Å². The van der Waals surface area contributed by atoms with Gasteiger partial charge in [-0.3, -0.25) is 4.79 Å². The van der Waals surface area contributed by atoms with Crippen LogP contribution in [0.25, 0.3) is 0 Å². The molecule has 29 heavy (non-hydrogen) atoms. The smallest absolute Gasteiger partial charge is 0.243 e. The number of hydrogen-bond acceptors (Lipinski definition) is 4. The summed E-state index contributed by atoms with van der Waals surface area (Å²) < 4.78 is 32.9. The van der Waals surface area contributed by atoms with Crippen LogP contribution in [0.2, 0.25) is 0 Å². The second-order valence-corrected chi connectivity index (χ2v) is 9.49. The average Bonchev–Trinajstić information content (AvgIpc) is 2.73. The van der Waals surface area contributed by atoms with E-state index in [9.17, 15) is 13.2 Å². The molecule has 0 bridgehead atoms. The van der Waals surface area contributed by atoms with Crippen LogP contribution in [0.4, 0.5) is 0 Å². The third-order valence-corrected chi connectivity index (χ3v) is 6.92. The van der Waals surface area contributed by atoms with E-state index < -0.39 is 10.0 Å². The maximum Gasteiger partial charge on any atom is 0.243 e. The van der Waals surface area contributed by atoms with Gasteiger partial charge in [0.25, 0.3) is 0 Å². The van der Waals surface area contributed by atoms with E-state index in [4.69, 9.17) is 4.74 Å². The quantitative estimate of drug-likeness (QED) is 0.753. The summed E-state index contributed by atoms with van der Waals surface area (Å²) in [4.78, 5) is 13.0. The fourth-order valence-corrected chi connectivity index (χ4v) is 4.90. The number of rotatable bonds is 7. The fraction of sp³-hybridized carbons (Fsp3) is 0.409. The van der Waals surface area contributed by atoms with Gasteiger partial charge in [-0.1, -0.05) is 35.9 Å². The van der Waals surface area contributed by atoms with Crippen LogP contribution in [-0.4, -0.2) is 44.4 Å². The van der Waals surface area contributed by atoms with Gasteiger partial charge in [-0.15, -0.1) is 0 Å². The minimum absolute atomic E-state index is 0.127. The molecule has 2 aromatic carbocycles. The molecule has 1 heterocycles. The number of aryl methyl sites for hydroxylation is 1. The van der Waals surface area contributed by atoms with Gasteiger partial charge in [-0.25, -0.2) is 8.42 Å². The molecule has 2 unspecified atom stereocenters. The van der Waals surface area contributed by atoms with Gasteiger partial charge in [0.1, 0.15) is 12.4 Å². The molecule has 3 rings (SSSR count). The number of carbonyl (C=O) groups excluding carboxylic acids is 1. The summed E-state index contributed by atoms with van der Waals surface area (Å²) in [5.74, 6) is 0.266. The highest BCUT2D eigenvalue weighted by molar-refractivity contribution is 7.89. The van der Waals surface area contributed by atoms with E-state index in [1.165, 1.54) is 4.31 Å². The Balaban J connectivity index is 1.56. The number of nitrogens with zero attached hydrogens (tertiary/aromatic N) is 1. The largest absolute Gasteiger partial charge is 0.491 e. The van der Waals surface area contributed by atoms with E-state index in [2.05, 4.69) is 5.32 Å². The van der Waals surface area contributed by atoms with Crippen molar-refractivity contribution in [3.8, 4) is 5.75 Å². The predicted octanol–water partition coefficient (Wildman–Crippen LogP) is 2.98. The Morgan fingerprint density at radius 3 is 2.55 bits per heavy atom. The molecule has 2 atom stereocenters. The SMILES string of the molecule is Cc1ccc(S(=O)(=O)N2CCCC(C(=O)NC(C)COc3ccccc3)C2)cc1. The Bertz CT molecular complexity index is 914. The van der Waals surface area contributed by atoms with Gasteiger partial charge < -0.3 is 10.1 Å². The first-order chi connectivity index (χ1) is 13.9. The number of sulfonamides is 1. The molecule has 156 valence electrons. The minimum atomic E-state index is -3.59. The van der Waals surface area contributed by atoms with E-state index in [1.807, 2.05) is 44.2 Å². The van der Waals surface area contributed by atoms with Gasteiger partial charge in [0, 0.05) is 13.1 Å². The van der Waals surface area contributed by atoms with Crippen molar-refractivity contribution in [2.24, 2.45) is 5.92 Å². The molecule has 1 aliphatic heterocycles. The monoisotopic (exact) mass is 416 g/mol. The summed E-state index contributed by atoms with van der Waals surface area (Å²) in [6, 6.07) is 16.1. The molecule has 6 nitrogen and oxygen atoms in total. The molecule has 1 saturated heterocycles. The molecule has 0 saturated carbocycles. The van der Waals surface area contributed by atoms with Gasteiger partial charge in [-0.2, -0.15) is 4.31 Å². The first-order valence-corrected chi connectivity index (χ1v) is 11.4. The van der Waals surface area contributed by atoms with E-state index in [0.29, 0.717) is 26.0 Å². The third-order valence-electron chi connectivity index (χ3n) is 5.05. The van der Waals surface area contributed by atoms with Crippen LogP contribution in [0.15, 0.2) is 59.5 Å². The molecule has 0 radical (unpaired) electrons.